The molecule has 22 heteroatoms. The fourth-order valence-corrected chi connectivity index (χ4v) is 14.5. The minimum absolute atomic E-state index is 0. The Balaban J connectivity index is 0.000000120. The van der Waals surface area contributed by atoms with E-state index in [2.05, 4.69) is 191 Å². The van der Waals surface area contributed by atoms with Crippen LogP contribution in [0.1, 0.15) is 16.7 Å². The fraction of sp³-hybridized carbons (Fsp3) is 0. The second kappa shape index (κ2) is 39.1. The van der Waals surface area contributed by atoms with Gasteiger partial charge >= 0.3 is 0 Å². The van der Waals surface area contributed by atoms with Crippen LogP contribution in [0, 0.1) is 31.6 Å². The van der Waals surface area contributed by atoms with E-state index in [9.17, 15) is 0 Å². The second-order valence-electron chi connectivity index (χ2n) is 27.3. The summed E-state index contributed by atoms with van der Waals surface area (Å²) in [7, 11) is 0. The van der Waals surface area contributed by atoms with Crippen LogP contribution in [0.2, 0.25) is 0 Å². The molecule has 0 saturated heterocycles. The van der Waals surface area contributed by atoms with Crippen LogP contribution in [0.3, 0.4) is 0 Å². The van der Waals surface area contributed by atoms with Crippen molar-refractivity contribution in [3.63, 3.8) is 0 Å². The number of aromatic nitrogens is 16. The molecule has 4 N–H and O–H groups in total. The Labute approximate surface area is 753 Å². The van der Waals surface area contributed by atoms with Crippen molar-refractivity contribution < 1.29 is 60.0 Å². The van der Waals surface area contributed by atoms with Gasteiger partial charge in [0.25, 0.3) is 0 Å². The molecular weight excluding hydrogens is 1930 g/mol. The van der Waals surface area contributed by atoms with E-state index < -0.39 is 0 Å². The van der Waals surface area contributed by atoms with Gasteiger partial charge in [-0.1, -0.05) is 143 Å². The third-order valence-electron chi connectivity index (χ3n) is 19.7. The first-order valence-electron chi connectivity index (χ1n) is 37.9. The van der Waals surface area contributed by atoms with Crippen LogP contribution < -0.4 is 11.5 Å². The summed E-state index contributed by atoms with van der Waals surface area (Å²) < 4.78 is 0.989. The Morgan fingerprint density at radius 2 is 0.463 bits per heavy atom. The maximum absolute atomic E-state index is 5.84. The van der Waals surface area contributed by atoms with E-state index in [0.29, 0.717) is 11.4 Å². The van der Waals surface area contributed by atoms with Crippen LogP contribution in [0.15, 0.2) is 358 Å². The van der Waals surface area contributed by atoms with E-state index in [0.717, 1.165) is 196 Å². The number of hydrogen-bond donors (Lipinski definition) is 2. The largest absolute Gasteiger partial charge is 0.399 e. The number of benzene rings is 10. The van der Waals surface area contributed by atoms with Gasteiger partial charge in [-0.25, -0.2) is 19.9 Å². The Hall–Kier alpha value is -14.5. The summed E-state index contributed by atoms with van der Waals surface area (Å²) in [4.78, 5) is 72.5. The topological polar surface area (TPSA) is 258 Å². The molecular formula is C101H66BrN18Ru2W-. The molecule has 18 nitrogen and oxygen atoms in total. The molecule has 0 fully saturated rings. The molecule has 0 saturated carbocycles. The van der Waals surface area contributed by atoms with Gasteiger partial charge in [-0.2, -0.15) is 0 Å². The summed E-state index contributed by atoms with van der Waals surface area (Å²) in [5, 5.41) is 12.9. The summed E-state index contributed by atoms with van der Waals surface area (Å²) in [5.74, 6) is 8.85. The van der Waals surface area contributed by atoms with E-state index in [-0.39, 0.29) is 67.4 Å². The summed E-state index contributed by atoms with van der Waals surface area (Å²) in [6.07, 6.45) is 26.7. The molecule has 0 aliphatic heterocycles. The van der Waals surface area contributed by atoms with Crippen LogP contribution in [0.25, 0.3) is 175 Å². The van der Waals surface area contributed by atoms with Crippen molar-refractivity contribution in [2.45, 2.75) is 0 Å². The molecule has 0 aliphatic carbocycles. The minimum atomic E-state index is 0. The number of nitrogen functional groups attached to an aromatic ring is 2. The molecule has 0 amide bonds. The number of nitrogens with two attached hydrogens (primary N) is 2. The van der Waals surface area contributed by atoms with Crippen molar-refractivity contribution in [3.05, 3.63) is 382 Å². The zero-order chi connectivity index (χ0) is 80.4. The predicted molar refractivity (Wildman–Crippen MR) is 493 cm³/mol. The minimum Gasteiger partial charge on any atom is -0.399 e. The Bertz CT molecular complexity index is 7500. The standard InChI is InChI=1S/C26H15N5.C18H9BrN4.4C12H8N2.C8H7N.CH3.2Ru.W/c27-18-5-1-4-16(14-18)8-9-17-10-11-21-22(15-17)31-26-20-7-3-13-29-24(20)23-19(25(26)30-21)6-2-12-28-23;19-10-5-6-13-14(9-10)23-18-12-4-2-8-21-16(12)15-11(17(18)22-13)3-1-7-20-15;4*1-3-9-5-6-10-4-2-8-14-12(10)11(9)13-7-1;1-2-7-4-3-5-8(9)6-7;;;;/h1-7,10-15H,27H2;1-9H;4*1-8H;1,3-6H,9H2;1H3;;;/q;;;;;;;-1;;;. The second-order valence-corrected chi connectivity index (χ2v) is 28.2. The first-order valence-corrected chi connectivity index (χ1v) is 38.6. The fourth-order valence-electron chi connectivity index (χ4n) is 14.2. The van der Waals surface area contributed by atoms with Gasteiger partial charge in [0.05, 0.1) is 110 Å². The maximum Gasteiger partial charge on any atom is 0.0996 e. The molecule has 14 aromatic heterocycles. The van der Waals surface area contributed by atoms with E-state index in [4.69, 9.17) is 37.8 Å². The summed E-state index contributed by atoms with van der Waals surface area (Å²) >= 11 is 3.50. The number of rotatable bonds is 0. The Morgan fingerprint density at radius 3 is 0.740 bits per heavy atom. The number of halogens is 1. The number of nitrogens with zero attached hydrogens (tertiary/aromatic N) is 16. The van der Waals surface area contributed by atoms with Crippen molar-refractivity contribution in [1.29, 1.82) is 0 Å². The van der Waals surface area contributed by atoms with Crippen LogP contribution in [-0.2, 0) is 60.0 Å². The van der Waals surface area contributed by atoms with Gasteiger partial charge in [-0.05, 0) is 170 Å². The van der Waals surface area contributed by atoms with Crippen molar-refractivity contribution in [3.8, 4) is 24.2 Å². The number of terminal acetylenes is 1. The van der Waals surface area contributed by atoms with Crippen LogP contribution >= 0.6 is 15.9 Å². The first kappa shape index (κ1) is 84.9. The zero-order valence-corrected chi connectivity index (χ0v) is 73.4. The Morgan fingerprint density at radius 1 is 0.228 bits per heavy atom. The third-order valence-corrected chi connectivity index (χ3v) is 20.2. The molecule has 0 aliphatic rings. The summed E-state index contributed by atoms with van der Waals surface area (Å²) in [6.45, 7) is 0. The summed E-state index contributed by atoms with van der Waals surface area (Å²) in [6, 6.07) is 90.9. The van der Waals surface area contributed by atoms with Crippen LogP contribution in [-0.4, -0.2) is 79.7 Å². The SMILES string of the molecule is Brc1ccc2nc3c4cccnc4c4ncccc4c3nc2c1.C#Cc1cccc(N)c1.Nc1cccc(C#Cc2ccc3nc4c5cccnc5c5ncccc5c4nc3c2)c1.[CH3-].[Ru].[Ru].[W].c1cnc2c(c1)ccc1cccnc12.c1cnc2c(c1)ccc1cccnc12.c1cnc2c(c1)ccc1cccnc12.c1cnc2c(c1)ccc1cccnc12. The van der Waals surface area contributed by atoms with Gasteiger partial charge in [-0.3, -0.25) is 59.8 Å². The average molecular weight is 2000 g/mol. The number of pyridine rings is 12. The zero-order valence-electron chi connectivity index (χ0n) is 65.4. The molecule has 10 aromatic carbocycles. The first-order chi connectivity index (χ1) is 58.7. The quantitative estimate of drug-likeness (QED) is 0.0357. The molecule has 0 atom stereocenters. The van der Waals surface area contributed by atoms with Crippen molar-refractivity contribution in [2.75, 3.05) is 11.5 Å². The van der Waals surface area contributed by atoms with Gasteiger partial charge in [-0.15, -0.1) is 6.42 Å². The average Bonchev–Trinajstić information content (AvgIpc) is 0.739. The normalized spacial score (nSPS) is 10.5. The maximum atomic E-state index is 5.84. The molecule has 14 heterocycles. The molecule has 123 heavy (non-hydrogen) atoms. The smallest absolute Gasteiger partial charge is 0.0996 e. The van der Waals surface area contributed by atoms with Gasteiger partial charge in [0.2, 0.25) is 0 Å². The van der Waals surface area contributed by atoms with E-state index in [1.807, 2.05) is 170 Å². The molecule has 0 radical (unpaired) electrons. The molecule has 0 spiro atoms. The monoisotopic (exact) mass is 2000 g/mol. The van der Waals surface area contributed by atoms with Gasteiger partial charge < -0.3 is 18.9 Å². The molecule has 590 valence electrons. The van der Waals surface area contributed by atoms with Gasteiger partial charge in [0, 0.05) is 232 Å². The summed E-state index contributed by atoms with van der Waals surface area (Å²) in [5.41, 5.74) is 33.2. The van der Waals surface area contributed by atoms with Crippen molar-refractivity contribution in [2.24, 2.45) is 0 Å². The van der Waals surface area contributed by atoms with Crippen molar-refractivity contribution >= 4 is 202 Å². The molecule has 0 bridgehead atoms. The van der Waals surface area contributed by atoms with E-state index >= 15 is 0 Å². The van der Waals surface area contributed by atoms with Crippen LogP contribution in [0.4, 0.5) is 11.4 Å². The molecule has 24 rings (SSSR count). The predicted octanol–water partition coefficient (Wildman–Crippen LogP) is 22.3. The van der Waals surface area contributed by atoms with Crippen molar-refractivity contribution in [1.82, 2.24) is 79.7 Å². The number of fused-ring (bicyclic) bond motifs is 26. The van der Waals surface area contributed by atoms with Crippen LogP contribution in [0.5, 0.6) is 0 Å². The third kappa shape index (κ3) is 18.5. The van der Waals surface area contributed by atoms with E-state index in [1.165, 1.54) is 0 Å². The number of anilines is 2. The van der Waals surface area contributed by atoms with E-state index in [1.54, 1.807) is 86.5 Å². The molecule has 24 aromatic rings. The Kier molecular flexibility index (Phi) is 27.0. The number of hydrogen-bond acceptors (Lipinski definition) is 18. The van der Waals surface area contributed by atoms with Gasteiger partial charge in [0.15, 0.2) is 0 Å². The molecule has 0 unspecified atom stereocenters. The van der Waals surface area contributed by atoms with Gasteiger partial charge in [0.1, 0.15) is 0 Å².